The number of carbonyl (C=O) groups is 1. The summed E-state index contributed by atoms with van der Waals surface area (Å²) in [6.45, 7) is 8.45. The zero-order chi connectivity index (χ0) is 15.7. The molecule has 1 aromatic carbocycles. The molecule has 0 bridgehead atoms. The fraction of sp³-hybridized carbons (Fsp3) is 0.588. The minimum absolute atomic E-state index is 0.0466. The Morgan fingerprint density at radius 2 is 1.57 bits per heavy atom. The highest BCUT2D eigenvalue weighted by molar-refractivity contribution is 5.99. The Hall–Kier alpha value is -1.23. The van der Waals surface area contributed by atoms with E-state index in [-0.39, 0.29) is 12.4 Å². The molecule has 1 rings (SSSR count). The van der Waals surface area contributed by atoms with Crippen molar-refractivity contribution < 1.29 is 19.0 Å². The number of rotatable bonds is 10. The summed E-state index contributed by atoms with van der Waals surface area (Å²) in [5.41, 5.74) is 4.00. The van der Waals surface area contributed by atoms with Gasteiger partial charge >= 0.3 is 0 Å². The molecule has 4 nitrogen and oxygen atoms in total. The van der Waals surface area contributed by atoms with Crippen molar-refractivity contribution in [3.05, 3.63) is 34.4 Å². The molecule has 4 heteroatoms. The van der Waals surface area contributed by atoms with Gasteiger partial charge in [0.2, 0.25) is 0 Å². The average molecular weight is 294 g/mol. The van der Waals surface area contributed by atoms with Crippen LogP contribution in [-0.4, -0.2) is 45.9 Å². The summed E-state index contributed by atoms with van der Waals surface area (Å²) in [5.74, 6) is 0.0466. The standard InChI is InChI=1S/C17H26O4/c1-13-10-14(2)17(15(3)11-13)16(18)12-21-7-5-6-20-9-8-19-4/h10-11H,5-9,12H2,1-4H3. The zero-order valence-corrected chi connectivity index (χ0v) is 13.5. The molecule has 0 atom stereocenters. The van der Waals surface area contributed by atoms with E-state index in [1.807, 2.05) is 32.9 Å². The number of carbonyl (C=O) groups excluding carboxylic acids is 1. The van der Waals surface area contributed by atoms with Crippen LogP contribution in [0.3, 0.4) is 0 Å². The van der Waals surface area contributed by atoms with Crippen LogP contribution in [0.25, 0.3) is 0 Å². The Kier molecular flexibility index (Phi) is 8.20. The van der Waals surface area contributed by atoms with Gasteiger partial charge in [0.15, 0.2) is 5.78 Å². The number of aryl methyl sites for hydroxylation is 3. The molecule has 0 unspecified atom stereocenters. The third-order valence-electron chi connectivity index (χ3n) is 3.20. The predicted octanol–water partition coefficient (Wildman–Crippen LogP) is 2.86. The number of ketones is 1. The smallest absolute Gasteiger partial charge is 0.188 e. The topological polar surface area (TPSA) is 44.8 Å². The van der Waals surface area contributed by atoms with Gasteiger partial charge in [0.25, 0.3) is 0 Å². The van der Waals surface area contributed by atoms with Crippen molar-refractivity contribution in [2.45, 2.75) is 27.2 Å². The van der Waals surface area contributed by atoms with Gasteiger partial charge in [-0.3, -0.25) is 4.79 Å². The van der Waals surface area contributed by atoms with Gasteiger partial charge in [0.05, 0.1) is 13.2 Å². The van der Waals surface area contributed by atoms with E-state index < -0.39 is 0 Å². The van der Waals surface area contributed by atoms with Crippen LogP contribution in [0.1, 0.15) is 33.5 Å². The zero-order valence-electron chi connectivity index (χ0n) is 13.5. The maximum atomic E-state index is 12.2. The number of benzene rings is 1. The van der Waals surface area contributed by atoms with Crippen molar-refractivity contribution in [1.82, 2.24) is 0 Å². The molecule has 0 radical (unpaired) electrons. The predicted molar refractivity (Wildman–Crippen MR) is 83.1 cm³/mol. The molecule has 0 saturated carbocycles. The molecule has 0 aliphatic carbocycles. The largest absolute Gasteiger partial charge is 0.382 e. The van der Waals surface area contributed by atoms with E-state index >= 15 is 0 Å². The van der Waals surface area contributed by atoms with Crippen molar-refractivity contribution in [2.75, 3.05) is 40.1 Å². The number of ether oxygens (including phenoxy) is 3. The lowest BCUT2D eigenvalue weighted by Gasteiger charge is -2.10. The molecule has 0 spiro atoms. The van der Waals surface area contributed by atoms with Crippen LogP contribution in [0, 0.1) is 20.8 Å². The second-order valence-corrected chi connectivity index (χ2v) is 5.21. The Balaban J connectivity index is 2.29. The van der Waals surface area contributed by atoms with E-state index in [2.05, 4.69) is 0 Å². The molecule has 0 aliphatic rings. The quantitative estimate of drug-likeness (QED) is 0.492. The molecule has 0 heterocycles. The summed E-state index contributed by atoms with van der Waals surface area (Å²) in [6.07, 6.45) is 0.781. The minimum Gasteiger partial charge on any atom is -0.382 e. The lowest BCUT2D eigenvalue weighted by Crippen LogP contribution is -2.14. The molecule has 21 heavy (non-hydrogen) atoms. The highest BCUT2D eigenvalue weighted by Crippen LogP contribution is 2.17. The van der Waals surface area contributed by atoms with Crippen molar-refractivity contribution in [3.8, 4) is 0 Å². The van der Waals surface area contributed by atoms with Crippen molar-refractivity contribution in [3.63, 3.8) is 0 Å². The molecule has 0 aliphatic heterocycles. The summed E-state index contributed by atoms with van der Waals surface area (Å²) < 4.78 is 15.6. The number of Topliss-reactive ketones (excluding diaryl/α,β-unsaturated/α-hetero) is 1. The van der Waals surface area contributed by atoms with Crippen LogP contribution in [-0.2, 0) is 14.2 Å². The fourth-order valence-electron chi connectivity index (χ4n) is 2.36. The van der Waals surface area contributed by atoms with E-state index in [1.165, 1.54) is 5.56 Å². The molecule has 118 valence electrons. The van der Waals surface area contributed by atoms with E-state index in [1.54, 1.807) is 7.11 Å². The number of hydrogen-bond acceptors (Lipinski definition) is 4. The van der Waals surface area contributed by atoms with Gasteiger partial charge in [-0.05, 0) is 38.3 Å². The normalized spacial score (nSPS) is 10.9. The molecular formula is C17H26O4. The van der Waals surface area contributed by atoms with Crippen LogP contribution in [0.2, 0.25) is 0 Å². The summed E-state index contributed by atoms with van der Waals surface area (Å²) in [6, 6.07) is 4.06. The van der Waals surface area contributed by atoms with Gasteiger partial charge in [-0.2, -0.15) is 0 Å². The lowest BCUT2D eigenvalue weighted by molar-refractivity contribution is 0.0488. The van der Waals surface area contributed by atoms with Crippen LogP contribution in [0.5, 0.6) is 0 Å². The van der Waals surface area contributed by atoms with E-state index in [9.17, 15) is 4.79 Å². The Morgan fingerprint density at radius 1 is 0.952 bits per heavy atom. The maximum absolute atomic E-state index is 12.2. The second kappa shape index (κ2) is 9.66. The molecular weight excluding hydrogens is 268 g/mol. The van der Waals surface area contributed by atoms with E-state index in [4.69, 9.17) is 14.2 Å². The first kappa shape index (κ1) is 17.8. The molecule has 0 fully saturated rings. The minimum atomic E-state index is 0.0466. The first-order valence-electron chi connectivity index (χ1n) is 7.31. The van der Waals surface area contributed by atoms with E-state index in [0.717, 1.165) is 23.1 Å². The highest BCUT2D eigenvalue weighted by Gasteiger charge is 2.12. The number of hydrogen-bond donors (Lipinski definition) is 0. The highest BCUT2D eigenvalue weighted by atomic mass is 16.5. The molecule has 0 saturated heterocycles. The van der Waals surface area contributed by atoms with Gasteiger partial charge in [-0.25, -0.2) is 0 Å². The van der Waals surface area contributed by atoms with Gasteiger partial charge < -0.3 is 14.2 Å². The fourth-order valence-corrected chi connectivity index (χ4v) is 2.36. The number of methoxy groups -OCH3 is 1. The second-order valence-electron chi connectivity index (χ2n) is 5.21. The third-order valence-corrected chi connectivity index (χ3v) is 3.20. The molecule has 0 N–H and O–H groups in total. The molecule has 1 aromatic rings. The Morgan fingerprint density at radius 3 is 2.19 bits per heavy atom. The lowest BCUT2D eigenvalue weighted by atomic mass is 9.97. The van der Waals surface area contributed by atoms with Gasteiger partial charge in [-0.1, -0.05) is 17.7 Å². The van der Waals surface area contributed by atoms with Crippen LogP contribution >= 0.6 is 0 Å². The van der Waals surface area contributed by atoms with Crippen LogP contribution in [0.4, 0.5) is 0 Å². The van der Waals surface area contributed by atoms with Crippen molar-refractivity contribution in [1.29, 1.82) is 0 Å². The maximum Gasteiger partial charge on any atom is 0.188 e. The third kappa shape index (κ3) is 6.38. The molecule has 0 amide bonds. The van der Waals surface area contributed by atoms with Crippen LogP contribution < -0.4 is 0 Å². The summed E-state index contributed by atoms with van der Waals surface area (Å²) in [5, 5.41) is 0. The molecule has 0 aromatic heterocycles. The van der Waals surface area contributed by atoms with Crippen molar-refractivity contribution in [2.24, 2.45) is 0 Å². The SMILES string of the molecule is COCCOCCCOCC(=O)c1c(C)cc(C)cc1C. The van der Waals surface area contributed by atoms with Crippen LogP contribution in [0.15, 0.2) is 12.1 Å². The van der Waals surface area contributed by atoms with Gasteiger partial charge in [0.1, 0.15) is 6.61 Å². The summed E-state index contributed by atoms with van der Waals surface area (Å²) >= 11 is 0. The summed E-state index contributed by atoms with van der Waals surface area (Å²) in [4.78, 5) is 12.2. The Labute approximate surface area is 127 Å². The van der Waals surface area contributed by atoms with E-state index in [0.29, 0.717) is 26.4 Å². The first-order valence-corrected chi connectivity index (χ1v) is 7.31. The average Bonchev–Trinajstić information content (AvgIpc) is 2.40. The van der Waals surface area contributed by atoms with Gasteiger partial charge in [-0.15, -0.1) is 0 Å². The van der Waals surface area contributed by atoms with Gasteiger partial charge in [0, 0.05) is 25.9 Å². The Bertz CT molecular complexity index is 431. The summed E-state index contributed by atoms with van der Waals surface area (Å²) in [7, 11) is 1.65. The van der Waals surface area contributed by atoms with Crippen molar-refractivity contribution >= 4 is 5.78 Å². The monoisotopic (exact) mass is 294 g/mol. The first-order chi connectivity index (χ1) is 10.1.